The zero-order valence-corrected chi connectivity index (χ0v) is 11.9. The highest BCUT2D eigenvalue weighted by Crippen LogP contribution is 2.21. The third-order valence-corrected chi connectivity index (χ3v) is 2.60. The second-order valence-corrected chi connectivity index (χ2v) is 6.15. The molecule has 0 aliphatic rings. The molecule has 0 aliphatic heterocycles. The van der Waals surface area contributed by atoms with Crippen LogP contribution in [0.5, 0.6) is 0 Å². The Labute approximate surface area is 110 Å². The fourth-order valence-corrected chi connectivity index (χ4v) is 1.95. The summed E-state index contributed by atoms with van der Waals surface area (Å²) in [6, 6.07) is 5.00. The van der Waals surface area contributed by atoms with Gasteiger partial charge in [-0.15, -0.1) is 0 Å². The molecule has 0 radical (unpaired) electrons. The first-order valence-electron chi connectivity index (χ1n) is 5.42. The van der Waals surface area contributed by atoms with Crippen LogP contribution in [0.3, 0.4) is 0 Å². The van der Waals surface area contributed by atoms with Crippen LogP contribution >= 0.6 is 15.9 Å². The number of nitro groups is 1. The van der Waals surface area contributed by atoms with E-state index in [1.54, 1.807) is 6.07 Å². The van der Waals surface area contributed by atoms with E-state index in [2.05, 4.69) is 42.0 Å². The van der Waals surface area contributed by atoms with Crippen LogP contribution in [-0.4, -0.2) is 11.5 Å². The first-order chi connectivity index (χ1) is 7.78. The van der Waals surface area contributed by atoms with E-state index in [4.69, 9.17) is 0 Å². The highest BCUT2D eigenvalue weighted by molar-refractivity contribution is 9.10. The summed E-state index contributed by atoms with van der Waals surface area (Å²) in [6.45, 7) is 7.93. The number of hydrogen-bond acceptors (Lipinski definition) is 3. The largest absolute Gasteiger partial charge is 0.312 e. The molecule has 4 nitrogen and oxygen atoms in total. The second kappa shape index (κ2) is 5.60. The molecule has 0 saturated carbocycles. The van der Waals surface area contributed by atoms with Crippen molar-refractivity contribution in [1.29, 1.82) is 0 Å². The normalized spacial score (nSPS) is 11.5. The van der Waals surface area contributed by atoms with Crippen molar-refractivity contribution >= 4 is 21.6 Å². The number of halogens is 1. The van der Waals surface area contributed by atoms with E-state index in [1.807, 2.05) is 6.07 Å². The van der Waals surface area contributed by atoms with Gasteiger partial charge in [-0.25, -0.2) is 0 Å². The molecule has 94 valence electrons. The topological polar surface area (TPSA) is 55.2 Å². The van der Waals surface area contributed by atoms with E-state index in [0.29, 0.717) is 6.54 Å². The minimum absolute atomic E-state index is 0.118. The molecule has 0 amide bonds. The highest BCUT2D eigenvalue weighted by atomic mass is 79.9. The monoisotopic (exact) mass is 300 g/mol. The van der Waals surface area contributed by atoms with Crippen molar-refractivity contribution in [2.45, 2.75) is 27.3 Å². The van der Waals surface area contributed by atoms with Gasteiger partial charge in [-0.3, -0.25) is 10.1 Å². The van der Waals surface area contributed by atoms with Crippen molar-refractivity contribution in [2.75, 3.05) is 6.54 Å². The molecule has 0 atom stereocenters. The van der Waals surface area contributed by atoms with Gasteiger partial charge in [-0.05, 0) is 17.0 Å². The Balaban J connectivity index is 2.68. The van der Waals surface area contributed by atoms with Crippen LogP contribution in [0.15, 0.2) is 22.7 Å². The van der Waals surface area contributed by atoms with Crippen LogP contribution in [0.25, 0.3) is 0 Å². The van der Waals surface area contributed by atoms with E-state index < -0.39 is 0 Å². The van der Waals surface area contributed by atoms with Crippen LogP contribution in [0, 0.1) is 15.5 Å². The minimum Gasteiger partial charge on any atom is -0.312 e. The number of nitrogens with zero attached hydrogens (tertiary/aromatic N) is 1. The summed E-state index contributed by atoms with van der Waals surface area (Å²) in [4.78, 5) is 10.3. The molecular formula is C12H17BrN2O2. The van der Waals surface area contributed by atoms with Gasteiger partial charge in [-0.2, -0.15) is 0 Å². The summed E-state index contributed by atoms with van der Waals surface area (Å²) < 4.78 is 0.735. The summed E-state index contributed by atoms with van der Waals surface area (Å²) in [5.41, 5.74) is 1.24. The Morgan fingerprint density at radius 3 is 2.53 bits per heavy atom. The molecule has 1 N–H and O–H groups in total. The second-order valence-electron chi connectivity index (χ2n) is 5.24. The van der Waals surface area contributed by atoms with Crippen molar-refractivity contribution in [3.63, 3.8) is 0 Å². The minimum atomic E-state index is -0.377. The van der Waals surface area contributed by atoms with E-state index in [-0.39, 0.29) is 16.0 Å². The lowest BCUT2D eigenvalue weighted by atomic mass is 9.97. The quantitative estimate of drug-likeness (QED) is 0.684. The Morgan fingerprint density at radius 1 is 1.35 bits per heavy atom. The van der Waals surface area contributed by atoms with Gasteiger partial charge in [0.15, 0.2) is 0 Å². The Morgan fingerprint density at radius 2 is 2.00 bits per heavy atom. The van der Waals surface area contributed by atoms with E-state index in [9.17, 15) is 10.1 Å². The predicted molar refractivity (Wildman–Crippen MR) is 72.0 cm³/mol. The Kier molecular flexibility index (Phi) is 4.65. The molecular weight excluding hydrogens is 284 g/mol. The number of rotatable bonds is 4. The number of nitrogens with one attached hydrogen (secondary N) is 1. The average Bonchev–Trinajstić information content (AvgIpc) is 2.14. The Hall–Kier alpha value is -0.940. The fraction of sp³-hybridized carbons (Fsp3) is 0.500. The molecule has 0 spiro atoms. The lowest BCUT2D eigenvalue weighted by Crippen LogP contribution is -2.26. The lowest BCUT2D eigenvalue weighted by molar-refractivity contribution is -0.385. The zero-order chi connectivity index (χ0) is 13.1. The SMILES string of the molecule is CC(C)(C)CNCc1cc(Br)cc([N+](=O)[O-])c1. The Bertz CT molecular complexity index is 413. The molecule has 0 saturated heterocycles. The number of hydrogen-bond donors (Lipinski definition) is 1. The maximum Gasteiger partial charge on any atom is 0.270 e. The molecule has 0 unspecified atom stereocenters. The molecule has 17 heavy (non-hydrogen) atoms. The molecule has 1 aromatic carbocycles. The summed E-state index contributed by atoms with van der Waals surface area (Å²) in [7, 11) is 0. The van der Waals surface area contributed by atoms with Crippen LogP contribution in [0.2, 0.25) is 0 Å². The van der Waals surface area contributed by atoms with Gasteiger partial charge < -0.3 is 5.32 Å². The standard InChI is InChI=1S/C12H17BrN2O2/c1-12(2,3)8-14-7-9-4-10(13)6-11(5-9)15(16)17/h4-6,14H,7-8H2,1-3H3. The van der Waals surface area contributed by atoms with E-state index >= 15 is 0 Å². The van der Waals surface area contributed by atoms with Gasteiger partial charge in [0.05, 0.1) is 4.92 Å². The third-order valence-electron chi connectivity index (χ3n) is 2.14. The number of nitro benzene ring substituents is 1. The maximum atomic E-state index is 10.7. The van der Waals surface area contributed by atoms with E-state index in [1.165, 1.54) is 6.07 Å². The maximum absolute atomic E-state index is 10.7. The molecule has 1 rings (SSSR count). The van der Waals surface area contributed by atoms with Crippen LogP contribution in [0.1, 0.15) is 26.3 Å². The molecule has 0 aliphatic carbocycles. The highest BCUT2D eigenvalue weighted by Gasteiger charge is 2.11. The van der Waals surface area contributed by atoms with Crippen LogP contribution in [0.4, 0.5) is 5.69 Å². The molecule has 1 aromatic rings. The van der Waals surface area contributed by atoms with Crippen LogP contribution < -0.4 is 5.32 Å². The van der Waals surface area contributed by atoms with Gasteiger partial charge >= 0.3 is 0 Å². The zero-order valence-electron chi connectivity index (χ0n) is 10.3. The number of non-ortho nitro benzene ring substituents is 1. The first-order valence-corrected chi connectivity index (χ1v) is 6.22. The van der Waals surface area contributed by atoms with Gasteiger partial charge in [0, 0.05) is 29.7 Å². The summed E-state index contributed by atoms with van der Waals surface area (Å²) >= 11 is 3.28. The van der Waals surface area contributed by atoms with Gasteiger partial charge in [0.1, 0.15) is 0 Å². The molecule has 5 heteroatoms. The lowest BCUT2D eigenvalue weighted by Gasteiger charge is -2.18. The molecule has 0 heterocycles. The smallest absolute Gasteiger partial charge is 0.270 e. The predicted octanol–water partition coefficient (Wildman–Crippen LogP) is 3.49. The van der Waals surface area contributed by atoms with Gasteiger partial charge in [-0.1, -0.05) is 36.7 Å². The van der Waals surface area contributed by atoms with Crippen molar-refractivity contribution in [2.24, 2.45) is 5.41 Å². The summed E-state index contributed by atoms with van der Waals surface area (Å²) in [5, 5.41) is 14.0. The van der Waals surface area contributed by atoms with Crippen molar-refractivity contribution in [3.8, 4) is 0 Å². The summed E-state index contributed by atoms with van der Waals surface area (Å²) in [6.07, 6.45) is 0. The fourth-order valence-electron chi connectivity index (χ4n) is 1.42. The van der Waals surface area contributed by atoms with Gasteiger partial charge in [0.2, 0.25) is 0 Å². The van der Waals surface area contributed by atoms with Crippen molar-refractivity contribution < 1.29 is 4.92 Å². The third kappa shape index (κ3) is 5.28. The first kappa shape index (κ1) is 14.1. The summed E-state index contributed by atoms with van der Waals surface area (Å²) in [5.74, 6) is 0. The van der Waals surface area contributed by atoms with Gasteiger partial charge in [0.25, 0.3) is 5.69 Å². The molecule has 0 bridgehead atoms. The van der Waals surface area contributed by atoms with E-state index in [0.717, 1.165) is 16.6 Å². The van der Waals surface area contributed by atoms with Crippen LogP contribution in [-0.2, 0) is 6.54 Å². The van der Waals surface area contributed by atoms with Crippen molar-refractivity contribution in [1.82, 2.24) is 5.32 Å². The number of benzene rings is 1. The molecule has 0 fully saturated rings. The molecule has 0 aromatic heterocycles. The average molecular weight is 301 g/mol. The van der Waals surface area contributed by atoms with Crippen molar-refractivity contribution in [3.05, 3.63) is 38.3 Å².